The van der Waals surface area contributed by atoms with Crippen LogP contribution in [-0.4, -0.2) is 9.97 Å². The maximum absolute atomic E-state index is 7.55. The molecular formula is C9H8N2. The molecule has 0 atom stereocenters. The first-order valence-corrected chi connectivity index (χ1v) is 3.47. The highest BCUT2D eigenvalue weighted by molar-refractivity contribution is 5.77. The van der Waals surface area contributed by atoms with Crippen LogP contribution in [0.5, 0.6) is 0 Å². The minimum Gasteiger partial charge on any atom is -0.241 e. The van der Waals surface area contributed by atoms with Crippen molar-refractivity contribution in [3.8, 4) is 0 Å². The molecule has 0 saturated heterocycles. The number of aryl methyl sites for hydroxylation is 1. The van der Waals surface area contributed by atoms with E-state index in [1.807, 2.05) is 24.3 Å². The summed E-state index contributed by atoms with van der Waals surface area (Å²) in [6.07, 6.45) is 0.304. The fourth-order valence-electron chi connectivity index (χ4n) is 1.01. The van der Waals surface area contributed by atoms with Gasteiger partial charge in [-0.05, 0) is 13.0 Å². The molecule has 1 aromatic carbocycles. The highest BCUT2D eigenvalue weighted by atomic mass is 14.9. The van der Waals surface area contributed by atoms with Crippen molar-refractivity contribution < 1.29 is 1.37 Å². The van der Waals surface area contributed by atoms with E-state index in [4.69, 9.17) is 1.37 Å². The fraction of sp³-hybridized carbons (Fsp3) is 0.111. The molecule has 0 spiro atoms. The highest BCUT2D eigenvalue weighted by Crippen LogP contribution is 2.08. The lowest BCUT2D eigenvalue weighted by Gasteiger charge is -1.95. The van der Waals surface area contributed by atoms with Gasteiger partial charge in [0, 0.05) is 11.6 Å². The molecule has 2 aromatic rings. The number of hydrogen-bond acceptors (Lipinski definition) is 2. The van der Waals surface area contributed by atoms with Crippen LogP contribution in [0.1, 0.15) is 7.20 Å². The largest absolute Gasteiger partial charge is 0.241 e. The summed E-state index contributed by atoms with van der Waals surface area (Å²) in [5, 5.41) is 0.808. The van der Waals surface area contributed by atoms with Gasteiger partial charge in [-0.1, -0.05) is 18.2 Å². The number of aromatic nitrogens is 2. The molecule has 0 aliphatic rings. The molecule has 0 N–H and O–H groups in total. The Bertz CT molecular complexity index is 426. The number of rotatable bonds is 0. The van der Waals surface area contributed by atoms with Gasteiger partial charge >= 0.3 is 0 Å². The van der Waals surface area contributed by atoms with Gasteiger partial charge in [-0.2, -0.15) is 0 Å². The molecule has 0 aliphatic heterocycles. The zero-order valence-corrected chi connectivity index (χ0v) is 6.20. The third kappa shape index (κ3) is 1.07. The summed E-state index contributed by atoms with van der Waals surface area (Å²) >= 11 is 0. The third-order valence-electron chi connectivity index (χ3n) is 1.52. The van der Waals surface area contributed by atoms with E-state index in [0.29, 0.717) is 12.0 Å². The molecule has 54 valence electrons. The van der Waals surface area contributed by atoms with Crippen LogP contribution < -0.4 is 0 Å². The van der Waals surface area contributed by atoms with E-state index in [0.717, 1.165) is 10.9 Å². The minimum absolute atomic E-state index is 0.304. The molecule has 0 amide bonds. The molecule has 2 rings (SSSR count). The Morgan fingerprint density at radius 2 is 2.18 bits per heavy atom. The van der Waals surface area contributed by atoms with Crippen LogP contribution in [0, 0.1) is 6.92 Å². The molecular weight excluding hydrogens is 136 g/mol. The van der Waals surface area contributed by atoms with E-state index < -0.39 is 0 Å². The van der Waals surface area contributed by atoms with Crippen molar-refractivity contribution in [1.82, 2.24) is 9.97 Å². The smallest absolute Gasteiger partial charge is 0.125 e. The molecule has 2 nitrogen and oxygen atoms in total. The van der Waals surface area contributed by atoms with Gasteiger partial charge in [-0.15, -0.1) is 0 Å². The van der Waals surface area contributed by atoms with Crippen LogP contribution in [0.15, 0.2) is 30.4 Å². The van der Waals surface area contributed by atoms with Crippen molar-refractivity contribution in [3.63, 3.8) is 0 Å². The first kappa shape index (κ1) is 5.24. The van der Waals surface area contributed by atoms with Crippen molar-refractivity contribution >= 4 is 10.9 Å². The van der Waals surface area contributed by atoms with E-state index >= 15 is 0 Å². The van der Waals surface area contributed by atoms with Crippen molar-refractivity contribution in [1.29, 1.82) is 0 Å². The van der Waals surface area contributed by atoms with Crippen molar-refractivity contribution in [2.24, 2.45) is 0 Å². The Balaban J connectivity index is 2.89. The average molecular weight is 145 g/mol. The van der Waals surface area contributed by atoms with E-state index in [1.165, 1.54) is 0 Å². The minimum atomic E-state index is 0.304. The number of fused-ring (bicyclic) bond motifs is 1. The fourth-order valence-corrected chi connectivity index (χ4v) is 1.01. The quantitative estimate of drug-likeness (QED) is 0.566. The zero-order valence-electron chi connectivity index (χ0n) is 7.20. The lowest BCUT2D eigenvalue weighted by Crippen LogP contribution is -1.86. The lowest BCUT2D eigenvalue weighted by molar-refractivity contribution is 1.09. The first-order chi connectivity index (χ1) is 5.77. The summed E-state index contributed by atoms with van der Waals surface area (Å²) in [5.41, 5.74) is 0.843. The molecule has 0 saturated carbocycles. The van der Waals surface area contributed by atoms with Crippen LogP contribution in [-0.2, 0) is 0 Å². The number of benzene rings is 1. The molecule has 0 fully saturated rings. The Morgan fingerprint density at radius 1 is 1.36 bits per heavy atom. The first-order valence-electron chi connectivity index (χ1n) is 3.97. The molecule has 1 heterocycles. The van der Waals surface area contributed by atoms with E-state index in [-0.39, 0.29) is 0 Å². The van der Waals surface area contributed by atoms with Gasteiger partial charge in [0.05, 0.1) is 6.89 Å². The lowest BCUT2D eigenvalue weighted by atomic mass is 10.2. The second-order valence-electron chi connectivity index (χ2n) is 2.40. The average Bonchev–Trinajstić information content (AvgIpc) is 2.04. The predicted octanol–water partition coefficient (Wildman–Crippen LogP) is 1.94. The standard InChI is InChI=1S/C9H8N2/c1-7-10-6-8-4-2-3-5-9(8)11-7/h2-6H,1H3/i6D. The Kier molecular flexibility index (Phi) is 1.10. The summed E-state index contributed by atoms with van der Waals surface area (Å²) in [6.45, 7) is 1.80. The van der Waals surface area contributed by atoms with Crippen LogP contribution in [0.25, 0.3) is 10.9 Å². The second-order valence-corrected chi connectivity index (χ2v) is 2.40. The number of nitrogens with zero attached hydrogens (tertiary/aromatic N) is 2. The summed E-state index contributed by atoms with van der Waals surface area (Å²) in [5.74, 6) is 0.652. The van der Waals surface area contributed by atoms with Gasteiger partial charge in [0.1, 0.15) is 5.82 Å². The van der Waals surface area contributed by atoms with E-state index in [9.17, 15) is 0 Å². The van der Waals surface area contributed by atoms with Crippen LogP contribution in [0.4, 0.5) is 0 Å². The molecule has 2 heteroatoms. The second kappa shape index (κ2) is 2.31. The Hall–Kier alpha value is -1.44. The molecule has 0 radical (unpaired) electrons. The third-order valence-corrected chi connectivity index (χ3v) is 1.52. The van der Waals surface area contributed by atoms with Crippen molar-refractivity contribution in [2.45, 2.75) is 6.92 Å². The number of hydrogen-bond donors (Lipinski definition) is 0. The summed E-state index contributed by atoms with van der Waals surface area (Å²) < 4.78 is 7.55. The summed E-state index contributed by atoms with van der Waals surface area (Å²) in [4.78, 5) is 8.16. The maximum Gasteiger partial charge on any atom is 0.125 e. The summed E-state index contributed by atoms with van der Waals surface area (Å²) in [7, 11) is 0. The maximum atomic E-state index is 7.55. The Labute approximate surface area is 66.3 Å². The van der Waals surface area contributed by atoms with Gasteiger partial charge in [0.2, 0.25) is 0 Å². The van der Waals surface area contributed by atoms with Gasteiger partial charge in [0.25, 0.3) is 0 Å². The summed E-state index contributed by atoms with van der Waals surface area (Å²) in [6, 6.07) is 7.55. The van der Waals surface area contributed by atoms with Crippen LogP contribution in [0.3, 0.4) is 0 Å². The number of para-hydroxylation sites is 1. The van der Waals surface area contributed by atoms with Gasteiger partial charge in [0.15, 0.2) is 0 Å². The van der Waals surface area contributed by atoms with Crippen molar-refractivity contribution in [3.05, 3.63) is 36.3 Å². The topological polar surface area (TPSA) is 25.8 Å². The molecule has 11 heavy (non-hydrogen) atoms. The molecule has 0 aliphatic carbocycles. The molecule has 0 bridgehead atoms. The van der Waals surface area contributed by atoms with Gasteiger partial charge < -0.3 is 0 Å². The zero-order chi connectivity index (χ0) is 8.55. The van der Waals surface area contributed by atoms with Gasteiger partial charge in [-0.3, -0.25) is 0 Å². The van der Waals surface area contributed by atoms with Gasteiger partial charge in [-0.25, -0.2) is 9.97 Å². The highest BCUT2D eigenvalue weighted by Gasteiger charge is 1.92. The van der Waals surface area contributed by atoms with Crippen LogP contribution >= 0.6 is 0 Å². The normalized spacial score (nSPS) is 11.5. The van der Waals surface area contributed by atoms with E-state index in [2.05, 4.69) is 9.97 Å². The predicted molar refractivity (Wildman–Crippen MR) is 44.3 cm³/mol. The SMILES string of the molecule is [2H]c1nc(C)nc2ccccc12. The monoisotopic (exact) mass is 145 g/mol. The molecule has 1 aromatic heterocycles. The molecule has 0 unspecified atom stereocenters. The van der Waals surface area contributed by atoms with Crippen LogP contribution in [0.2, 0.25) is 0 Å². The Morgan fingerprint density at radius 3 is 3.09 bits per heavy atom. The van der Waals surface area contributed by atoms with E-state index in [1.54, 1.807) is 6.92 Å². The van der Waals surface area contributed by atoms with Crippen molar-refractivity contribution in [2.75, 3.05) is 0 Å².